The van der Waals surface area contributed by atoms with Crippen LogP contribution < -0.4 is 0 Å². The quantitative estimate of drug-likeness (QED) is 0.866. The third-order valence-corrected chi connectivity index (χ3v) is 5.17. The van der Waals surface area contributed by atoms with E-state index < -0.39 is 21.8 Å². The van der Waals surface area contributed by atoms with Crippen LogP contribution in [0.4, 0.5) is 0 Å². The molecule has 1 N–H and O–H groups in total. The van der Waals surface area contributed by atoms with Crippen molar-refractivity contribution >= 4 is 10.1 Å². The van der Waals surface area contributed by atoms with E-state index >= 15 is 0 Å². The van der Waals surface area contributed by atoms with Crippen LogP contribution in [-0.4, -0.2) is 25.2 Å². The summed E-state index contributed by atoms with van der Waals surface area (Å²) in [7, 11) is -3.83. The van der Waals surface area contributed by atoms with Crippen LogP contribution in [0.3, 0.4) is 0 Å². The van der Waals surface area contributed by atoms with Gasteiger partial charge in [0.05, 0.1) is 11.0 Å². The van der Waals surface area contributed by atoms with Crippen molar-refractivity contribution in [1.29, 1.82) is 0 Å². The van der Waals surface area contributed by atoms with Gasteiger partial charge >= 0.3 is 0 Å². The fourth-order valence-corrected chi connectivity index (χ4v) is 3.65. The number of aryl methyl sites for hydroxylation is 1. The van der Waals surface area contributed by atoms with Gasteiger partial charge in [-0.15, -0.1) is 0 Å². The first-order chi connectivity index (χ1) is 8.83. The van der Waals surface area contributed by atoms with Crippen molar-refractivity contribution in [2.45, 2.75) is 56.1 Å². The van der Waals surface area contributed by atoms with Crippen LogP contribution in [0.25, 0.3) is 0 Å². The van der Waals surface area contributed by atoms with Crippen LogP contribution in [-0.2, 0) is 14.3 Å². The first-order valence-electron chi connectivity index (χ1n) is 6.54. The molecule has 4 nitrogen and oxygen atoms in total. The zero-order valence-corrected chi connectivity index (χ0v) is 12.1. The summed E-state index contributed by atoms with van der Waals surface area (Å²) in [5.41, 5.74) is -0.0232. The van der Waals surface area contributed by atoms with E-state index in [-0.39, 0.29) is 4.90 Å². The van der Waals surface area contributed by atoms with Gasteiger partial charge in [-0.25, -0.2) is 0 Å². The second kappa shape index (κ2) is 5.23. The fraction of sp³-hybridized carbons (Fsp3) is 0.571. The topological polar surface area (TPSA) is 63.6 Å². The Labute approximate surface area is 114 Å². The highest BCUT2D eigenvalue weighted by molar-refractivity contribution is 7.86. The molecular weight excluding hydrogens is 264 g/mol. The first kappa shape index (κ1) is 14.5. The molecule has 0 radical (unpaired) electrons. The lowest BCUT2D eigenvalue weighted by Crippen LogP contribution is -2.45. The fourth-order valence-electron chi connectivity index (χ4n) is 2.39. The maximum absolute atomic E-state index is 12.2. The van der Waals surface area contributed by atoms with Gasteiger partial charge in [0.2, 0.25) is 0 Å². The van der Waals surface area contributed by atoms with Gasteiger partial charge in [0.25, 0.3) is 10.1 Å². The summed E-state index contributed by atoms with van der Waals surface area (Å²) < 4.78 is 29.8. The van der Waals surface area contributed by atoms with E-state index in [4.69, 9.17) is 4.18 Å². The van der Waals surface area contributed by atoms with Crippen LogP contribution in [0.5, 0.6) is 0 Å². The van der Waals surface area contributed by atoms with E-state index in [9.17, 15) is 13.5 Å². The summed E-state index contributed by atoms with van der Waals surface area (Å²) in [5.74, 6) is 0. The van der Waals surface area contributed by atoms with Gasteiger partial charge in [0, 0.05) is 0 Å². The van der Waals surface area contributed by atoms with Gasteiger partial charge < -0.3 is 5.11 Å². The Morgan fingerprint density at radius 3 is 2.47 bits per heavy atom. The monoisotopic (exact) mass is 284 g/mol. The summed E-state index contributed by atoms with van der Waals surface area (Å²) in [6.45, 7) is 3.56. The molecular formula is C14H20O4S. The Morgan fingerprint density at radius 1 is 1.26 bits per heavy atom. The Balaban J connectivity index is 2.23. The molecule has 1 aromatic rings. The molecule has 2 rings (SSSR count). The molecule has 1 aliphatic rings. The highest BCUT2D eigenvalue weighted by Crippen LogP contribution is 2.34. The van der Waals surface area contributed by atoms with E-state index in [2.05, 4.69) is 0 Å². The number of rotatable bonds is 3. The van der Waals surface area contributed by atoms with Crippen molar-refractivity contribution in [3.05, 3.63) is 29.8 Å². The maximum atomic E-state index is 12.2. The molecule has 0 aromatic heterocycles. The average Bonchev–Trinajstić information content (AvgIpc) is 2.33. The molecule has 1 saturated carbocycles. The van der Waals surface area contributed by atoms with Gasteiger partial charge in [0.1, 0.15) is 5.60 Å². The standard InChI is InChI=1S/C14H20O4S/c1-11-6-8-12(9-7-11)19(16,17)18-14(2)10-4-3-5-13(14)15/h6-9,13,15H,3-5,10H2,1-2H3. The van der Waals surface area contributed by atoms with E-state index in [0.29, 0.717) is 12.8 Å². The van der Waals surface area contributed by atoms with Crippen molar-refractivity contribution in [1.82, 2.24) is 0 Å². The number of aliphatic hydroxyl groups excluding tert-OH is 1. The molecule has 0 amide bonds. The predicted molar refractivity (Wildman–Crippen MR) is 72.3 cm³/mol. The van der Waals surface area contributed by atoms with Crippen LogP contribution in [0, 0.1) is 6.92 Å². The van der Waals surface area contributed by atoms with Crippen molar-refractivity contribution in [3.8, 4) is 0 Å². The third-order valence-electron chi connectivity index (χ3n) is 3.72. The minimum absolute atomic E-state index is 0.136. The molecule has 0 spiro atoms. The average molecular weight is 284 g/mol. The largest absolute Gasteiger partial charge is 0.390 e. The molecule has 2 atom stereocenters. The minimum atomic E-state index is -3.83. The van der Waals surface area contributed by atoms with Crippen LogP contribution in [0.2, 0.25) is 0 Å². The summed E-state index contributed by atoms with van der Waals surface area (Å²) in [6.07, 6.45) is 2.18. The Morgan fingerprint density at radius 2 is 1.89 bits per heavy atom. The summed E-state index contributed by atoms with van der Waals surface area (Å²) in [6, 6.07) is 6.53. The van der Waals surface area contributed by atoms with Gasteiger partial charge in [-0.3, -0.25) is 4.18 Å². The number of hydrogen-bond donors (Lipinski definition) is 1. The molecule has 106 valence electrons. The van der Waals surface area contributed by atoms with Crippen molar-refractivity contribution < 1.29 is 17.7 Å². The highest BCUT2D eigenvalue weighted by Gasteiger charge is 2.40. The third kappa shape index (κ3) is 3.16. The zero-order chi connectivity index (χ0) is 14.1. The summed E-state index contributed by atoms with van der Waals surface area (Å²) in [4.78, 5) is 0.136. The van der Waals surface area contributed by atoms with E-state index in [1.165, 1.54) is 12.1 Å². The molecule has 19 heavy (non-hydrogen) atoms. The molecule has 5 heteroatoms. The van der Waals surface area contributed by atoms with Crippen molar-refractivity contribution in [2.75, 3.05) is 0 Å². The van der Waals surface area contributed by atoms with Gasteiger partial charge in [-0.1, -0.05) is 30.5 Å². The van der Waals surface area contributed by atoms with E-state index in [1.807, 2.05) is 6.92 Å². The SMILES string of the molecule is Cc1ccc(S(=O)(=O)OC2(C)CCCCC2O)cc1. The van der Waals surface area contributed by atoms with Crippen molar-refractivity contribution in [2.24, 2.45) is 0 Å². The summed E-state index contributed by atoms with van der Waals surface area (Å²) in [5, 5.41) is 9.99. The van der Waals surface area contributed by atoms with Gasteiger partial charge in [0.15, 0.2) is 0 Å². The van der Waals surface area contributed by atoms with Crippen LogP contribution in [0.1, 0.15) is 38.2 Å². The van der Waals surface area contributed by atoms with Crippen LogP contribution in [0.15, 0.2) is 29.2 Å². The first-order valence-corrected chi connectivity index (χ1v) is 7.95. The number of aliphatic hydroxyl groups is 1. The summed E-state index contributed by atoms with van der Waals surface area (Å²) >= 11 is 0. The molecule has 0 saturated heterocycles. The Bertz CT molecular complexity index is 535. The molecule has 0 aliphatic heterocycles. The molecule has 1 fully saturated rings. The molecule has 0 heterocycles. The smallest absolute Gasteiger partial charge is 0.297 e. The van der Waals surface area contributed by atoms with Crippen LogP contribution >= 0.6 is 0 Å². The lowest BCUT2D eigenvalue weighted by molar-refractivity contribution is -0.0641. The lowest BCUT2D eigenvalue weighted by atomic mass is 9.84. The highest BCUT2D eigenvalue weighted by atomic mass is 32.2. The second-order valence-electron chi connectivity index (χ2n) is 5.42. The molecule has 0 bridgehead atoms. The molecule has 1 aliphatic carbocycles. The Kier molecular flexibility index (Phi) is 3.99. The minimum Gasteiger partial charge on any atom is -0.390 e. The number of hydrogen-bond acceptors (Lipinski definition) is 4. The van der Waals surface area contributed by atoms with E-state index in [0.717, 1.165) is 18.4 Å². The lowest BCUT2D eigenvalue weighted by Gasteiger charge is -2.37. The molecule has 2 unspecified atom stereocenters. The normalized spacial score (nSPS) is 28.3. The van der Waals surface area contributed by atoms with E-state index in [1.54, 1.807) is 19.1 Å². The maximum Gasteiger partial charge on any atom is 0.297 e. The Hall–Kier alpha value is -0.910. The number of benzene rings is 1. The molecule has 1 aromatic carbocycles. The second-order valence-corrected chi connectivity index (χ2v) is 6.97. The van der Waals surface area contributed by atoms with Gasteiger partial charge in [-0.05, 0) is 38.8 Å². The zero-order valence-electron chi connectivity index (χ0n) is 11.3. The predicted octanol–water partition coefficient (Wildman–Crippen LogP) is 2.39. The van der Waals surface area contributed by atoms with Crippen molar-refractivity contribution in [3.63, 3.8) is 0 Å². The van der Waals surface area contributed by atoms with Gasteiger partial charge in [-0.2, -0.15) is 8.42 Å².